The van der Waals surface area contributed by atoms with Crippen molar-refractivity contribution in [3.05, 3.63) is 28.8 Å². The highest BCUT2D eigenvalue weighted by Gasteiger charge is 2.32. The highest BCUT2D eigenvalue weighted by molar-refractivity contribution is 5.38. The Morgan fingerprint density at radius 3 is 1.83 bits per heavy atom. The van der Waals surface area contributed by atoms with Crippen molar-refractivity contribution in [2.24, 2.45) is 29.6 Å². The minimum Gasteiger partial charge on any atom is -0.490 e. The molecule has 3 saturated carbocycles. The van der Waals surface area contributed by atoms with Crippen LogP contribution in [0.4, 0.5) is 8.78 Å². The molecule has 29 heavy (non-hydrogen) atoms. The van der Waals surface area contributed by atoms with E-state index in [1.54, 1.807) is 19.9 Å². The minimum atomic E-state index is -0.824. The molecule has 1 nitrogen and oxygen atoms in total. The number of aryl methyl sites for hydroxylation is 2. The third-order valence-electron chi connectivity index (χ3n) is 8.33. The zero-order valence-corrected chi connectivity index (χ0v) is 18.3. The van der Waals surface area contributed by atoms with Gasteiger partial charge in [0.2, 0.25) is 5.82 Å². The van der Waals surface area contributed by atoms with E-state index >= 15 is 0 Å². The normalized spacial score (nSPS) is 30.8. The van der Waals surface area contributed by atoms with Crippen molar-refractivity contribution in [2.45, 2.75) is 90.9 Å². The average molecular weight is 405 g/mol. The first kappa shape index (κ1) is 21.1. The molecule has 3 aliphatic carbocycles. The molecule has 3 aliphatic rings. The van der Waals surface area contributed by atoms with Crippen molar-refractivity contribution in [3.8, 4) is 5.75 Å². The van der Waals surface area contributed by atoms with Gasteiger partial charge in [-0.05, 0) is 106 Å². The van der Waals surface area contributed by atoms with Crippen LogP contribution in [0.15, 0.2) is 6.07 Å². The van der Waals surface area contributed by atoms with Gasteiger partial charge in [0.05, 0.1) is 6.61 Å². The molecule has 0 bridgehead atoms. The lowest BCUT2D eigenvalue weighted by Crippen LogP contribution is -2.28. The molecular formula is C26H38F2O. The van der Waals surface area contributed by atoms with Crippen LogP contribution in [0.2, 0.25) is 0 Å². The third-order valence-corrected chi connectivity index (χ3v) is 8.33. The van der Waals surface area contributed by atoms with Crippen LogP contribution in [0.25, 0.3) is 0 Å². The van der Waals surface area contributed by atoms with E-state index in [9.17, 15) is 8.78 Å². The monoisotopic (exact) mass is 404 g/mol. The van der Waals surface area contributed by atoms with Crippen molar-refractivity contribution >= 4 is 0 Å². The first-order chi connectivity index (χ1) is 14.0. The van der Waals surface area contributed by atoms with E-state index in [1.807, 2.05) is 0 Å². The molecule has 162 valence electrons. The summed E-state index contributed by atoms with van der Waals surface area (Å²) in [6.45, 7) is 3.90. The molecule has 0 unspecified atom stereocenters. The van der Waals surface area contributed by atoms with Crippen LogP contribution >= 0.6 is 0 Å². The zero-order valence-electron chi connectivity index (χ0n) is 18.3. The fourth-order valence-electron chi connectivity index (χ4n) is 6.20. The van der Waals surface area contributed by atoms with E-state index in [1.165, 1.54) is 77.0 Å². The quantitative estimate of drug-likeness (QED) is 0.471. The minimum absolute atomic E-state index is 0.111. The van der Waals surface area contributed by atoms with E-state index < -0.39 is 11.6 Å². The van der Waals surface area contributed by atoms with Crippen molar-refractivity contribution in [3.63, 3.8) is 0 Å². The van der Waals surface area contributed by atoms with Crippen LogP contribution < -0.4 is 4.74 Å². The van der Waals surface area contributed by atoms with Crippen molar-refractivity contribution in [1.29, 1.82) is 0 Å². The van der Waals surface area contributed by atoms with Gasteiger partial charge in [0, 0.05) is 0 Å². The molecule has 3 fully saturated rings. The predicted molar refractivity (Wildman–Crippen MR) is 114 cm³/mol. The van der Waals surface area contributed by atoms with Crippen LogP contribution in [0.5, 0.6) is 5.75 Å². The molecule has 4 rings (SSSR count). The highest BCUT2D eigenvalue weighted by atomic mass is 19.2. The van der Waals surface area contributed by atoms with Gasteiger partial charge in [-0.2, -0.15) is 4.39 Å². The highest BCUT2D eigenvalue weighted by Crippen LogP contribution is 2.44. The first-order valence-corrected chi connectivity index (χ1v) is 12.1. The number of rotatable bonds is 6. The summed E-state index contributed by atoms with van der Waals surface area (Å²) in [7, 11) is 0. The zero-order chi connectivity index (χ0) is 20.4. The van der Waals surface area contributed by atoms with E-state index in [4.69, 9.17) is 4.74 Å². The molecule has 0 heterocycles. The number of ether oxygens (including phenoxy) is 1. The third kappa shape index (κ3) is 4.97. The topological polar surface area (TPSA) is 9.23 Å². The van der Waals surface area contributed by atoms with Crippen LogP contribution in [-0.4, -0.2) is 6.61 Å². The van der Waals surface area contributed by atoms with Crippen molar-refractivity contribution in [1.82, 2.24) is 0 Å². The fraction of sp³-hybridized carbons (Fsp3) is 0.769. The van der Waals surface area contributed by atoms with Gasteiger partial charge in [0.1, 0.15) is 0 Å². The molecule has 0 aromatic heterocycles. The smallest absolute Gasteiger partial charge is 0.201 e. The maximum absolute atomic E-state index is 14.2. The van der Waals surface area contributed by atoms with Crippen LogP contribution in [0, 0.1) is 55.1 Å². The van der Waals surface area contributed by atoms with Gasteiger partial charge < -0.3 is 4.74 Å². The molecule has 0 spiro atoms. The lowest BCUT2D eigenvalue weighted by molar-refractivity contribution is 0.111. The summed E-state index contributed by atoms with van der Waals surface area (Å²) in [5.41, 5.74) is 1.03. The second-order valence-corrected chi connectivity index (χ2v) is 10.4. The van der Waals surface area contributed by atoms with Gasteiger partial charge in [-0.1, -0.05) is 32.1 Å². The molecule has 0 N–H and O–H groups in total. The standard InChI is InChI=1S/C26H38F2O/c1-17-14-18(2)26(25(28)24(17)27)29-16-21-8-12-23(13-9-21)22-10-6-20(7-11-22)15-19-4-3-5-19/h14,19-23H,3-13,15-16H2,1-2H3. The number of benzene rings is 1. The maximum Gasteiger partial charge on any atom is 0.201 e. The molecule has 3 heteroatoms. The maximum atomic E-state index is 14.2. The van der Waals surface area contributed by atoms with Crippen molar-refractivity contribution < 1.29 is 13.5 Å². The van der Waals surface area contributed by atoms with Crippen LogP contribution in [0.3, 0.4) is 0 Å². The Morgan fingerprint density at radius 1 is 0.724 bits per heavy atom. The summed E-state index contributed by atoms with van der Waals surface area (Å²) in [5.74, 6) is 2.87. The Labute approximate surface area is 175 Å². The van der Waals surface area contributed by atoms with Gasteiger partial charge in [-0.25, -0.2) is 4.39 Å². The summed E-state index contributed by atoms with van der Waals surface area (Å²) >= 11 is 0. The summed E-state index contributed by atoms with van der Waals surface area (Å²) in [6.07, 6.45) is 16.7. The van der Waals surface area contributed by atoms with Gasteiger partial charge in [-0.3, -0.25) is 0 Å². The lowest BCUT2D eigenvalue weighted by Gasteiger charge is -2.39. The Hall–Kier alpha value is -1.12. The fourth-order valence-corrected chi connectivity index (χ4v) is 6.20. The lowest BCUT2D eigenvalue weighted by atomic mass is 9.67. The Balaban J connectivity index is 1.20. The van der Waals surface area contributed by atoms with E-state index in [2.05, 4.69) is 0 Å². The average Bonchev–Trinajstić information content (AvgIpc) is 2.70. The summed E-state index contributed by atoms with van der Waals surface area (Å²) in [6, 6.07) is 1.67. The van der Waals surface area contributed by atoms with Crippen LogP contribution in [0.1, 0.15) is 88.2 Å². The van der Waals surface area contributed by atoms with E-state index in [-0.39, 0.29) is 5.75 Å². The molecular weight excluding hydrogens is 366 g/mol. The molecule has 1 aromatic carbocycles. The van der Waals surface area contributed by atoms with Gasteiger partial charge >= 0.3 is 0 Å². The number of halogens is 2. The number of hydrogen-bond acceptors (Lipinski definition) is 1. The molecule has 0 saturated heterocycles. The molecule has 0 aliphatic heterocycles. The Kier molecular flexibility index (Phi) is 6.81. The van der Waals surface area contributed by atoms with Gasteiger partial charge in [0.25, 0.3) is 0 Å². The predicted octanol–water partition coefficient (Wildman–Crippen LogP) is 7.76. The van der Waals surface area contributed by atoms with Gasteiger partial charge in [0.15, 0.2) is 11.6 Å². The van der Waals surface area contributed by atoms with E-state index in [0.29, 0.717) is 23.7 Å². The Morgan fingerprint density at radius 2 is 1.28 bits per heavy atom. The van der Waals surface area contributed by atoms with Crippen molar-refractivity contribution in [2.75, 3.05) is 6.61 Å². The second kappa shape index (κ2) is 9.35. The molecule has 0 atom stereocenters. The molecule has 0 radical (unpaired) electrons. The summed E-state index contributed by atoms with van der Waals surface area (Å²) < 4.78 is 33.9. The largest absolute Gasteiger partial charge is 0.490 e. The Bertz CT molecular complexity index is 680. The second-order valence-electron chi connectivity index (χ2n) is 10.4. The molecule has 0 amide bonds. The summed E-state index contributed by atoms with van der Waals surface area (Å²) in [4.78, 5) is 0. The molecule has 1 aromatic rings. The SMILES string of the molecule is Cc1cc(C)c(OCC2CCC(C3CCC(CC4CCC4)CC3)CC2)c(F)c1F. The van der Waals surface area contributed by atoms with E-state index in [0.717, 1.165) is 23.7 Å². The first-order valence-electron chi connectivity index (χ1n) is 12.1. The number of hydrogen-bond donors (Lipinski definition) is 0. The van der Waals surface area contributed by atoms with Crippen LogP contribution in [-0.2, 0) is 0 Å². The van der Waals surface area contributed by atoms with Gasteiger partial charge in [-0.15, -0.1) is 0 Å². The summed E-state index contributed by atoms with van der Waals surface area (Å²) in [5, 5.41) is 0.